The van der Waals surface area contributed by atoms with Crippen molar-refractivity contribution in [2.45, 2.75) is 31.7 Å². The van der Waals surface area contributed by atoms with Gasteiger partial charge in [0.2, 0.25) is 0 Å². The van der Waals surface area contributed by atoms with Crippen molar-refractivity contribution in [1.29, 1.82) is 0 Å². The number of anilines is 1. The lowest BCUT2D eigenvalue weighted by molar-refractivity contribution is 0.0606. The molecule has 0 amide bonds. The largest absolute Gasteiger partial charge is 0.465 e. The van der Waals surface area contributed by atoms with E-state index in [1.807, 2.05) is 0 Å². The molecule has 0 unspecified atom stereocenters. The number of methoxy groups -OCH3 is 1. The van der Waals surface area contributed by atoms with Crippen LogP contribution in [0.25, 0.3) is 0 Å². The van der Waals surface area contributed by atoms with Crippen molar-refractivity contribution < 1.29 is 9.53 Å². The monoisotopic (exact) mass is 252 g/mol. The number of ether oxygens (including phenoxy) is 1. The van der Waals surface area contributed by atoms with Gasteiger partial charge in [0.25, 0.3) is 0 Å². The first kappa shape index (κ1) is 11.0. The third-order valence-corrected chi connectivity index (χ3v) is 4.35. The van der Waals surface area contributed by atoms with Gasteiger partial charge in [0.15, 0.2) is 5.13 Å². The van der Waals surface area contributed by atoms with Gasteiger partial charge in [0.05, 0.1) is 13.3 Å². The van der Waals surface area contributed by atoms with Crippen LogP contribution in [-0.4, -0.2) is 24.1 Å². The highest BCUT2D eigenvalue weighted by Crippen LogP contribution is 2.46. The van der Waals surface area contributed by atoms with Gasteiger partial charge in [-0.25, -0.2) is 9.78 Å². The van der Waals surface area contributed by atoms with Crippen LogP contribution in [0.1, 0.15) is 35.4 Å². The van der Waals surface area contributed by atoms with E-state index in [0.29, 0.717) is 10.9 Å². The molecule has 2 fully saturated rings. The molecule has 0 bridgehead atoms. The molecule has 0 saturated heterocycles. The molecule has 0 aromatic carbocycles. The number of hydrogen-bond donors (Lipinski definition) is 1. The van der Waals surface area contributed by atoms with Crippen molar-refractivity contribution in [3.05, 3.63) is 11.1 Å². The fourth-order valence-corrected chi connectivity index (χ4v) is 2.99. The molecule has 1 aromatic heterocycles. The Labute approximate surface area is 104 Å². The number of aromatic nitrogens is 1. The molecule has 2 aliphatic rings. The van der Waals surface area contributed by atoms with Crippen molar-refractivity contribution >= 4 is 22.4 Å². The van der Waals surface area contributed by atoms with Crippen LogP contribution in [0.2, 0.25) is 0 Å². The number of nitrogens with zero attached hydrogens (tertiary/aromatic N) is 1. The van der Waals surface area contributed by atoms with E-state index in [0.717, 1.165) is 17.0 Å². The van der Waals surface area contributed by atoms with Crippen molar-refractivity contribution in [2.24, 2.45) is 11.8 Å². The minimum Gasteiger partial charge on any atom is -0.465 e. The van der Waals surface area contributed by atoms with Gasteiger partial charge in [-0.3, -0.25) is 0 Å². The van der Waals surface area contributed by atoms with Crippen LogP contribution in [0.4, 0.5) is 5.13 Å². The summed E-state index contributed by atoms with van der Waals surface area (Å²) in [5.41, 5.74) is 0. The van der Waals surface area contributed by atoms with E-state index in [4.69, 9.17) is 0 Å². The third-order valence-electron chi connectivity index (χ3n) is 3.44. The van der Waals surface area contributed by atoms with Gasteiger partial charge in [-0.2, -0.15) is 0 Å². The number of esters is 1. The maximum Gasteiger partial charge on any atom is 0.349 e. The predicted molar refractivity (Wildman–Crippen MR) is 66.3 cm³/mol. The molecule has 0 radical (unpaired) electrons. The SMILES string of the molecule is COC(=O)c1cnc(NC(C2CC2)C2CC2)s1. The highest BCUT2D eigenvalue weighted by molar-refractivity contribution is 7.17. The Bertz CT molecular complexity index is 412. The zero-order valence-corrected chi connectivity index (χ0v) is 10.6. The van der Waals surface area contributed by atoms with Gasteiger partial charge >= 0.3 is 5.97 Å². The van der Waals surface area contributed by atoms with Crippen LogP contribution in [0, 0.1) is 11.8 Å². The first-order chi connectivity index (χ1) is 8.28. The molecule has 0 aliphatic heterocycles. The lowest BCUT2D eigenvalue weighted by Gasteiger charge is -2.16. The standard InChI is InChI=1S/C12H16N2O2S/c1-16-11(15)9-6-13-12(17-9)14-10(7-2-3-7)8-4-5-8/h6-8,10H,2-5H2,1H3,(H,13,14). The quantitative estimate of drug-likeness (QED) is 0.818. The van der Waals surface area contributed by atoms with E-state index in [9.17, 15) is 4.79 Å². The molecular weight excluding hydrogens is 236 g/mol. The number of carbonyl (C=O) groups excluding carboxylic acids is 1. The van der Waals surface area contributed by atoms with Gasteiger partial charge in [0, 0.05) is 6.04 Å². The molecule has 0 atom stereocenters. The van der Waals surface area contributed by atoms with Gasteiger partial charge < -0.3 is 10.1 Å². The predicted octanol–water partition coefficient (Wildman–Crippen LogP) is 2.53. The van der Waals surface area contributed by atoms with Crippen LogP contribution in [-0.2, 0) is 4.74 Å². The summed E-state index contributed by atoms with van der Waals surface area (Å²) in [5, 5.41) is 4.36. The summed E-state index contributed by atoms with van der Waals surface area (Å²) in [5.74, 6) is 1.35. The van der Waals surface area contributed by atoms with Crippen molar-refractivity contribution in [3.63, 3.8) is 0 Å². The molecule has 2 saturated carbocycles. The summed E-state index contributed by atoms with van der Waals surface area (Å²) in [7, 11) is 1.40. The molecule has 17 heavy (non-hydrogen) atoms. The van der Waals surface area contributed by atoms with Gasteiger partial charge in [0.1, 0.15) is 4.88 Å². The number of hydrogen-bond acceptors (Lipinski definition) is 5. The molecule has 1 N–H and O–H groups in total. The van der Waals surface area contributed by atoms with Crippen LogP contribution in [0.3, 0.4) is 0 Å². The number of rotatable bonds is 5. The Hall–Kier alpha value is -1.10. The maximum absolute atomic E-state index is 11.3. The number of nitrogens with one attached hydrogen (secondary N) is 1. The van der Waals surface area contributed by atoms with Crippen LogP contribution >= 0.6 is 11.3 Å². The zero-order valence-electron chi connectivity index (χ0n) is 9.81. The molecule has 92 valence electrons. The summed E-state index contributed by atoms with van der Waals surface area (Å²) >= 11 is 1.39. The summed E-state index contributed by atoms with van der Waals surface area (Å²) in [6.07, 6.45) is 6.94. The molecule has 1 aromatic rings. The van der Waals surface area contributed by atoms with Crippen molar-refractivity contribution in [1.82, 2.24) is 4.98 Å². The lowest BCUT2D eigenvalue weighted by Crippen LogP contribution is -2.23. The lowest BCUT2D eigenvalue weighted by atomic mass is 10.1. The first-order valence-electron chi connectivity index (χ1n) is 6.08. The van der Waals surface area contributed by atoms with E-state index in [1.165, 1.54) is 44.1 Å². The first-order valence-corrected chi connectivity index (χ1v) is 6.90. The van der Waals surface area contributed by atoms with Crippen molar-refractivity contribution in [2.75, 3.05) is 12.4 Å². The highest BCUT2D eigenvalue weighted by Gasteiger charge is 2.41. The smallest absolute Gasteiger partial charge is 0.349 e. The Balaban J connectivity index is 1.67. The molecular formula is C12H16N2O2S. The zero-order chi connectivity index (χ0) is 11.8. The van der Waals surface area contributed by atoms with Crippen LogP contribution in [0.15, 0.2) is 6.20 Å². The average molecular weight is 252 g/mol. The molecule has 1 heterocycles. The summed E-state index contributed by atoms with van der Waals surface area (Å²) in [4.78, 5) is 16.1. The Morgan fingerprint density at radius 1 is 1.47 bits per heavy atom. The Morgan fingerprint density at radius 3 is 2.65 bits per heavy atom. The molecule has 3 rings (SSSR count). The second kappa shape index (κ2) is 4.29. The summed E-state index contributed by atoms with van der Waals surface area (Å²) < 4.78 is 4.68. The van der Waals surface area contributed by atoms with E-state index in [2.05, 4.69) is 15.0 Å². The average Bonchev–Trinajstić information content (AvgIpc) is 3.25. The van der Waals surface area contributed by atoms with Gasteiger partial charge in [-0.15, -0.1) is 0 Å². The fourth-order valence-electron chi connectivity index (χ4n) is 2.21. The molecule has 4 nitrogen and oxygen atoms in total. The Kier molecular flexibility index (Phi) is 2.78. The van der Waals surface area contributed by atoms with E-state index in [-0.39, 0.29) is 5.97 Å². The normalized spacial score (nSPS) is 19.4. The topological polar surface area (TPSA) is 51.2 Å². The highest BCUT2D eigenvalue weighted by atomic mass is 32.1. The molecule has 0 spiro atoms. The van der Waals surface area contributed by atoms with Gasteiger partial charge in [-0.1, -0.05) is 11.3 Å². The van der Waals surface area contributed by atoms with Crippen LogP contribution < -0.4 is 5.32 Å². The fraction of sp³-hybridized carbons (Fsp3) is 0.667. The number of carbonyl (C=O) groups is 1. The number of thiazole rings is 1. The second-order valence-corrected chi connectivity index (χ2v) is 5.90. The third kappa shape index (κ3) is 2.44. The second-order valence-electron chi connectivity index (χ2n) is 4.87. The maximum atomic E-state index is 11.3. The summed E-state index contributed by atoms with van der Waals surface area (Å²) in [6, 6.07) is 0.576. The molecule has 5 heteroatoms. The van der Waals surface area contributed by atoms with Gasteiger partial charge in [-0.05, 0) is 37.5 Å². The van der Waals surface area contributed by atoms with E-state index in [1.54, 1.807) is 6.20 Å². The summed E-state index contributed by atoms with van der Waals surface area (Å²) in [6.45, 7) is 0. The van der Waals surface area contributed by atoms with Crippen molar-refractivity contribution in [3.8, 4) is 0 Å². The van der Waals surface area contributed by atoms with E-state index < -0.39 is 0 Å². The van der Waals surface area contributed by atoms with E-state index >= 15 is 0 Å². The minimum atomic E-state index is -0.301. The minimum absolute atomic E-state index is 0.301. The van der Waals surface area contributed by atoms with Crippen LogP contribution in [0.5, 0.6) is 0 Å². The Morgan fingerprint density at radius 2 is 2.12 bits per heavy atom. The molecule has 2 aliphatic carbocycles.